The summed E-state index contributed by atoms with van der Waals surface area (Å²) in [4.78, 5) is 8.94. The lowest BCUT2D eigenvalue weighted by Gasteiger charge is -2.21. The molecule has 0 saturated heterocycles. The van der Waals surface area contributed by atoms with Crippen LogP contribution < -0.4 is 15.4 Å². The maximum Gasteiger partial charge on any atom is 0.573 e. The SMILES string of the molecule is CC(C)[C@H](CO)Nc1nc(NCc2cccc(Br)c2)cc(-c2cccc(OC(F)(F)F)c2)n1. The third-order valence-corrected chi connectivity index (χ3v) is 5.26. The zero-order valence-electron chi connectivity index (χ0n) is 18.0. The number of nitrogens with one attached hydrogen (secondary N) is 2. The number of benzene rings is 2. The summed E-state index contributed by atoms with van der Waals surface area (Å²) in [6.07, 6.45) is -4.79. The molecular formula is C23H24BrF3N4O2. The zero-order chi connectivity index (χ0) is 24.0. The molecule has 2 aromatic carbocycles. The van der Waals surface area contributed by atoms with E-state index in [1.54, 1.807) is 12.1 Å². The Balaban J connectivity index is 1.93. The monoisotopic (exact) mass is 524 g/mol. The van der Waals surface area contributed by atoms with Crippen LogP contribution in [0, 0.1) is 5.92 Å². The Hall–Kier alpha value is -2.85. The highest BCUT2D eigenvalue weighted by Crippen LogP contribution is 2.29. The first kappa shape index (κ1) is 24.8. The molecule has 0 fully saturated rings. The first-order valence-corrected chi connectivity index (χ1v) is 11.0. The number of aliphatic hydroxyl groups is 1. The molecule has 3 aromatic rings. The van der Waals surface area contributed by atoms with Crippen LogP contribution >= 0.6 is 15.9 Å². The van der Waals surface area contributed by atoms with E-state index in [1.807, 2.05) is 38.1 Å². The van der Waals surface area contributed by atoms with Crippen LogP contribution in [0.4, 0.5) is 24.9 Å². The van der Waals surface area contributed by atoms with Crippen molar-refractivity contribution in [1.82, 2.24) is 9.97 Å². The quantitative estimate of drug-likeness (QED) is 0.326. The fourth-order valence-corrected chi connectivity index (χ4v) is 3.48. The van der Waals surface area contributed by atoms with Gasteiger partial charge in [-0.2, -0.15) is 4.98 Å². The zero-order valence-corrected chi connectivity index (χ0v) is 19.6. The molecule has 0 aliphatic carbocycles. The van der Waals surface area contributed by atoms with Gasteiger partial charge in [-0.25, -0.2) is 4.98 Å². The number of nitrogens with zero attached hydrogens (tertiary/aromatic N) is 2. The Labute approximate surface area is 198 Å². The van der Waals surface area contributed by atoms with Gasteiger partial charge in [0, 0.05) is 22.6 Å². The summed E-state index contributed by atoms with van der Waals surface area (Å²) in [5, 5.41) is 16.0. The molecule has 10 heteroatoms. The van der Waals surface area contributed by atoms with Crippen molar-refractivity contribution in [3.63, 3.8) is 0 Å². The normalized spacial score (nSPS) is 12.5. The topological polar surface area (TPSA) is 79.3 Å². The molecular weight excluding hydrogens is 501 g/mol. The first-order chi connectivity index (χ1) is 15.6. The lowest BCUT2D eigenvalue weighted by Crippen LogP contribution is -2.30. The van der Waals surface area contributed by atoms with Crippen LogP contribution in [0.2, 0.25) is 0 Å². The van der Waals surface area contributed by atoms with Gasteiger partial charge in [0.25, 0.3) is 0 Å². The van der Waals surface area contributed by atoms with E-state index in [1.165, 1.54) is 18.2 Å². The second-order valence-corrected chi connectivity index (χ2v) is 8.61. The van der Waals surface area contributed by atoms with Crippen molar-refractivity contribution in [2.75, 3.05) is 17.2 Å². The third kappa shape index (κ3) is 7.61. The van der Waals surface area contributed by atoms with Gasteiger partial charge in [0.1, 0.15) is 11.6 Å². The number of rotatable bonds is 9. The number of hydrogen-bond acceptors (Lipinski definition) is 6. The summed E-state index contributed by atoms with van der Waals surface area (Å²) in [7, 11) is 0. The van der Waals surface area contributed by atoms with E-state index in [2.05, 4.69) is 41.3 Å². The summed E-state index contributed by atoms with van der Waals surface area (Å²) in [6, 6.07) is 14.7. The van der Waals surface area contributed by atoms with E-state index in [-0.39, 0.29) is 30.3 Å². The predicted molar refractivity (Wildman–Crippen MR) is 125 cm³/mol. The van der Waals surface area contributed by atoms with Crippen molar-refractivity contribution in [1.29, 1.82) is 0 Å². The number of ether oxygens (including phenoxy) is 1. The van der Waals surface area contributed by atoms with Crippen LogP contribution in [0.25, 0.3) is 11.3 Å². The Morgan fingerprint density at radius 2 is 1.82 bits per heavy atom. The molecule has 6 nitrogen and oxygen atoms in total. The van der Waals surface area contributed by atoms with Gasteiger partial charge in [0.15, 0.2) is 0 Å². The largest absolute Gasteiger partial charge is 0.573 e. The number of aliphatic hydroxyl groups excluding tert-OH is 1. The molecule has 33 heavy (non-hydrogen) atoms. The molecule has 1 heterocycles. The van der Waals surface area contributed by atoms with E-state index in [0.29, 0.717) is 23.6 Å². The first-order valence-electron chi connectivity index (χ1n) is 10.2. The van der Waals surface area contributed by atoms with Gasteiger partial charge < -0.3 is 20.5 Å². The van der Waals surface area contributed by atoms with Crippen molar-refractivity contribution in [2.45, 2.75) is 32.8 Å². The van der Waals surface area contributed by atoms with Crippen molar-refractivity contribution < 1.29 is 23.0 Å². The lowest BCUT2D eigenvalue weighted by atomic mass is 10.1. The Morgan fingerprint density at radius 3 is 2.48 bits per heavy atom. The average molecular weight is 525 g/mol. The molecule has 0 aliphatic heterocycles. The molecule has 0 saturated carbocycles. The van der Waals surface area contributed by atoms with Crippen LogP contribution in [0.15, 0.2) is 59.1 Å². The molecule has 0 radical (unpaired) electrons. The van der Waals surface area contributed by atoms with E-state index in [9.17, 15) is 18.3 Å². The van der Waals surface area contributed by atoms with Gasteiger partial charge in [0.2, 0.25) is 5.95 Å². The fourth-order valence-electron chi connectivity index (χ4n) is 3.03. The van der Waals surface area contributed by atoms with Gasteiger partial charge in [-0.05, 0) is 35.7 Å². The highest BCUT2D eigenvalue weighted by molar-refractivity contribution is 9.10. The average Bonchev–Trinajstić information content (AvgIpc) is 2.75. The minimum Gasteiger partial charge on any atom is -0.406 e. The molecule has 3 N–H and O–H groups in total. The lowest BCUT2D eigenvalue weighted by molar-refractivity contribution is -0.274. The van der Waals surface area contributed by atoms with Gasteiger partial charge in [0.05, 0.1) is 18.3 Å². The third-order valence-electron chi connectivity index (χ3n) is 4.77. The van der Waals surface area contributed by atoms with E-state index in [4.69, 9.17) is 0 Å². The second kappa shape index (κ2) is 10.8. The smallest absolute Gasteiger partial charge is 0.406 e. The Bertz CT molecular complexity index is 1080. The van der Waals surface area contributed by atoms with Crippen molar-refractivity contribution >= 4 is 27.7 Å². The summed E-state index contributed by atoms with van der Waals surface area (Å²) >= 11 is 3.44. The number of aromatic nitrogens is 2. The minimum absolute atomic E-state index is 0.101. The molecule has 176 valence electrons. The van der Waals surface area contributed by atoms with Crippen LogP contribution in [-0.4, -0.2) is 34.1 Å². The number of hydrogen-bond donors (Lipinski definition) is 3. The summed E-state index contributed by atoms with van der Waals surface area (Å²) in [5.74, 6) is 0.486. The molecule has 1 atom stereocenters. The van der Waals surface area contributed by atoms with E-state index >= 15 is 0 Å². The van der Waals surface area contributed by atoms with Crippen LogP contribution in [0.3, 0.4) is 0 Å². The second-order valence-electron chi connectivity index (χ2n) is 7.70. The molecule has 1 aromatic heterocycles. The Morgan fingerprint density at radius 1 is 1.06 bits per heavy atom. The van der Waals surface area contributed by atoms with E-state index in [0.717, 1.165) is 10.0 Å². The highest BCUT2D eigenvalue weighted by atomic mass is 79.9. The summed E-state index contributed by atoms with van der Waals surface area (Å²) < 4.78 is 43.0. The van der Waals surface area contributed by atoms with Gasteiger partial charge in [-0.15, -0.1) is 13.2 Å². The number of halogens is 4. The maximum absolute atomic E-state index is 12.7. The summed E-state index contributed by atoms with van der Waals surface area (Å²) in [6.45, 7) is 4.24. The fraction of sp³-hybridized carbons (Fsp3) is 0.304. The molecule has 0 unspecified atom stereocenters. The molecule has 0 amide bonds. The summed E-state index contributed by atoms with van der Waals surface area (Å²) in [5.41, 5.74) is 1.84. The molecule has 0 spiro atoms. The standard InChI is InChI=1S/C23H24BrF3N4O2/c1-14(2)20(13-32)30-22-29-19(16-6-4-8-18(10-16)33-23(25,26)27)11-21(31-22)28-12-15-5-3-7-17(24)9-15/h3-11,14,20,32H,12-13H2,1-2H3,(H2,28,29,30,31)/t20-/m0/s1. The highest BCUT2D eigenvalue weighted by Gasteiger charge is 2.31. The van der Waals surface area contributed by atoms with Crippen molar-refractivity contribution in [3.8, 4) is 17.0 Å². The van der Waals surface area contributed by atoms with Gasteiger partial charge >= 0.3 is 6.36 Å². The number of alkyl halides is 3. The van der Waals surface area contributed by atoms with Crippen LogP contribution in [0.1, 0.15) is 19.4 Å². The van der Waals surface area contributed by atoms with Crippen LogP contribution in [0.5, 0.6) is 5.75 Å². The van der Waals surface area contributed by atoms with Gasteiger partial charge in [-0.1, -0.05) is 54.0 Å². The van der Waals surface area contributed by atoms with Crippen molar-refractivity contribution in [2.24, 2.45) is 5.92 Å². The van der Waals surface area contributed by atoms with E-state index < -0.39 is 6.36 Å². The molecule has 0 aliphatic rings. The minimum atomic E-state index is -4.79. The maximum atomic E-state index is 12.7. The number of anilines is 2. The molecule has 0 bridgehead atoms. The van der Waals surface area contributed by atoms with Crippen molar-refractivity contribution in [3.05, 3.63) is 64.6 Å². The molecule has 3 rings (SSSR count). The van der Waals surface area contributed by atoms with Gasteiger partial charge in [-0.3, -0.25) is 0 Å². The predicted octanol–water partition coefficient (Wildman–Crippen LogP) is 5.85. The Kier molecular flexibility index (Phi) is 8.15. The van der Waals surface area contributed by atoms with Crippen LogP contribution in [-0.2, 0) is 6.54 Å².